The van der Waals surface area contributed by atoms with E-state index >= 15 is 8.78 Å². The summed E-state index contributed by atoms with van der Waals surface area (Å²) >= 11 is 6.10. The highest BCUT2D eigenvalue weighted by atomic mass is 35.5. The number of nitrogens with one attached hydrogen (secondary N) is 1. The van der Waals surface area contributed by atoms with Gasteiger partial charge in [-0.25, -0.2) is 27.0 Å². The molecular formula is C29H36ClF2N5O6S. The van der Waals surface area contributed by atoms with Crippen LogP contribution >= 0.6 is 11.6 Å². The number of hydrogen-bond donors (Lipinski definition) is 2. The minimum Gasteiger partial charge on any atom is -0.444 e. The number of carbonyl (C=O) groups excluding carboxylic acids is 2. The molecule has 1 aliphatic carbocycles. The first kappa shape index (κ1) is 32.3. The highest BCUT2D eigenvalue weighted by molar-refractivity contribution is 7.89. The van der Waals surface area contributed by atoms with Crippen molar-refractivity contribution in [3.05, 3.63) is 47.1 Å². The number of anilines is 2. The number of piperazine rings is 1. The van der Waals surface area contributed by atoms with Gasteiger partial charge in [0.1, 0.15) is 16.6 Å². The molecule has 0 spiro atoms. The second kappa shape index (κ2) is 12.0. The molecule has 0 radical (unpaired) electrons. The first-order chi connectivity index (χ1) is 20.6. The zero-order chi connectivity index (χ0) is 32.0. The lowest BCUT2D eigenvalue weighted by molar-refractivity contribution is -0.117. The molecule has 1 aromatic heterocycles. The number of rotatable bonds is 8. The van der Waals surface area contributed by atoms with E-state index in [-0.39, 0.29) is 79.5 Å². The van der Waals surface area contributed by atoms with Crippen molar-refractivity contribution >= 4 is 45.1 Å². The topological polar surface area (TPSA) is 132 Å². The number of amides is 2. The second-order valence-electron chi connectivity index (χ2n) is 12.4. The van der Waals surface area contributed by atoms with E-state index in [1.54, 1.807) is 37.8 Å². The van der Waals surface area contributed by atoms with Gasteiger partial charge in [-0.1, -0.05) is 11.6 Å². The average molecular weight is 656 g/mol. The summed E-state index contributed by atoms with van der Waals surface area (Å²) in [5, 5.41) is 11.9. The van der Waals surface area contributed by atoms with Crippen molar-refractivity contribution in [1.82, 2.24) is 14.6 Å². The van der Waals surface area contributed by atoms with Crippen LogP contribution in [0.1, 0.15) is 39.2 Å². The molecule has 11 nitrogen and oxygen atoms in total. The zero-order valence-corrected chi connectivity index (χ0v) is 26.2. The molecule has 44 heavy (non-hydrogen) atoms. The first-order valence-corrected chi connectivity index (χ1v) is 16.2. The van der Waals surface area contributed by atoms with E-state index in [0.717, 1.165) is 6.07 Å². The van der Waals surface area contributed by atoms with Gasteiger partial charge >= 0.3 is 6.09 Å². The van der Waals surface area contributed by atoms with Gasteiger partial charge in [-0.15, -0.1) is 0 Å². The van der Waals surface area contributed by atoms with Crippen molar-refractivity contribution in [2.45, 2.75) is 56.1 Å². The van der Waals surface area contributed by atoms with Crippen molar-refractivity contribution < 1.29 is 36.6 Å². The minimum atomic E-state index is -3.88. The lowest BCUT2D eigenvalue weighted by Gasteiger charge is -2.35. The summed E-state index contributed by atoms with van der Waals surface area (Å²) in [7, 11) is -3.88. The number of sulfonamides is 1. The normalized spacial score (nSPS) is 23.2. The zero-order valence-electron chi connectivity index (χ0n) is 24.7. The lowest BCUT2D eigenvalue weighted by Crippen LogP contribution is -2.49. The number of nitrogens with zero attached hydrogens (tertiary/aromatic N) is 4. The van der Waals surface area contributed by atoms with Crippen LogP contribution in [-0.4, -0.2) is 85.8 Å². The minimum absolute atomic E-state index is 0.0513. The Morgan fingerprint density at radius 3 is 2.39 bits per heavy atom. The molecule has 5 rings (SSSR count). The van der Waals surface area contributed by atoms with E-state index in [1.165, 1.54) is 27.4 Å². The van der Waals surface area contributed by atoms with Gasteiger partial charge in [-0.05, 0) is 69.5 Å². The third-order valence-corrected chi connectivity index (χ3v) is 10.1. The third kappa shape index (κ3) is 6.93. The molecule has 2 aromatic rings. The highest BCUT2D eigenvalue weighted by Gasteiger charge is 2.55. The quantitative estimate of drug-likeness (QED) is 0.413. The molecule has 3 heterocycles. The predicted molar refractivity (Wildman–Crippen MR) is 159 cm³/mol. The fourth-order valence-corrected chi connectivity index (χ4v) is 7.20. The average Bonchev–Trinajstić information content (AvgIpc) is 3.68. The van der Waals surface area contributed by atoms with Crippen molar-refractivity contribution in [3.63, 3.8) is 0 Å². The van der Waals surface area contributed by atoms with Gasteiger partial charge in [-0.3, -0.25) is 4.79 Å². The monoisotopic (exact) mass is 655 g/mol. The number of alkyl carbamates (subject to hydrolysis) is 1. The molecule has 1 saturated carbocycles. The van der Waals surface area contributed by atoms with Crippen molar-refractivity contribution in [2.75, 3.05) is 49.1 Å². The number of pyridine rings is 1. The Hall–Kier alpha value is -3.07. The standard InChI is InChI=1S/C29H36ClF2N5O6S/c1-28(2,3)43-27(40)33-20-15-26(39)37(16-20)21-4-6-22(7-5-21)44(41,42)36-10-8-35(9-11-36)25-14-19(13-24(30)34-25)29(31,32)23-12-18(23)17-38/h4-7,13-14,18,20,23,38H,8-12,15-17H2,1-3H3,(H,33,40)/t18?,20-,23?/m1/s1. The molecule has 3 atom stereocenters. The van der Waals surface area contributed by atoms with Crippen molar-refractivity contribution in [1.29, 1.82) is 0 Å². The maximum absolute atomic E-state index is 15.0. The second-order valence-corrected chi connectivity index (χ2v) is 14.7. The summed E-state index contributed by atoms with van der Waals surface area (Å²) in [6.45, 7) is 5.79. The van der Waals surface area contributed by atoms with Gasteiger partial charge in [0.15, 0.2) is 0 Å². The van der Waals surface area contributed by atoms with Gasteiger partial charge in [0.25, 0.3) is 5.92 Å². The molecule has 240 valence electrons. The fourth-order valence-electron chi connectivity index (χ4n) is 5.58. The Morgan fingerprint density at radius 1 is 1.14 bits per heavy atom. The smallest absolute Gasteiger partial charge is 0.407 e. The molecular weight excluding hydrogens is 620 g/mol. The van der Waals surface area contributed by atoms with Gasteiger partial charge in [-0.2, -0.15) is 4.31 Å². The summed E-state index contributed by atoms with van der Waals surface area (Å²) < 4.78 is 63.5. The number of hydrogen-bond acceptors (Lipinski definition) is 8. The summed E-state index contributed by atoms with van der Waals surface area (Å²) in [6.07, 6.45) is -0.289. The van der Waals surface area contributed by atoms with Gasteiger partial charge in [0.2, 0.25) is 15.9 Å². The first-order valence-electron chi connectivity index (χ1n) is 14.4. The number of ether oxygens (including phenoxy) is 1. The number of carbonyl (C=O) groups is 2. The molecule has 2 amide bonds. The van der Waals surface area contributed by atoms with Crippen LogP contribution in [0, 0.1) is 11.8 Å². The largest absolute Gasteiger partial charge is 0.444 e. The van der Waals surface area contributed by atoms with Gasteiger partial charge < -0.3 is 25.0 Å². The van der Waals surface area contributed by atoms with E-state index in [4.69, 9.17) is 16.3 Å². The Balaban J connectivity index is 1.20. The summed E-state index contributed by atoms with van der Waals surface area (Å²) in [5.74, 6) is -4.53. The SMILES string of the molecule is CC(C)(C)OC(=O)N[C@@H]1CC(=O)N(c2ccc(S(=O)(=O)N3CCN(c4cc(C(F)(F)C5CC5CO)cc(Cl)n4)CC3)cc2)C1. The van der Waals surface area contributed by atoms with E-state index in [0.29, 0.717) is 5.69 Å². The lowest BCUT2D eigenvalue weighted by atomic mass is 10.0. The molecule has 2 unspecified atom stereocenters. The van der Waals surface area contributed by atoms with E-state index in [2.05, 4.69) is 10.3 Å². The number of aromatic nitrogens is 1. The molecule has 2 N–H and O–H groups in total. The van der Waals surface area contributed by atoms with Crippen molar-refractivity contribution in [2.24, 2.45) is 11.8 Å². The Labute approximate surface area is 260 Å². The molecule has 15 heteroatoms. The van der Waals surface area contributed by atoms with Gasteiger partial charge in [0, 0.05) is 62.9 Å². The number of halogens is 3. The Kier molecular flexibility index (Phi) is 8.84. The Morgan fingerprint density at radius 2 is 1.80 bits per heavy atom. The van der Waals surface area contributed by atoms with Crippen LogP contribution in [0.2, 0.25) is 5.15 Å². The highest BCUT2D eigenvalue weighted by Crippen LogP contribution is 2.54. The van der Waals surface area contributed by atoms with Crippen LogP contribution < -0.4 is 15.1 Å². The molecule has 2 saturated heterocycles. The fraction of sp³-hybridized carbons (Fsp3) is 0.552. The maximum Gasteiger partial charge on any atom is 0.407 e. The van der Waals surface area contributed by atoms with E-state index < -0.39 is 45.5 Å². The van der Waals surface area contributed by atoms with E-state index in [1.807, 2.05) is 0 Å². The Bertz CT molecular complexity index is 1510. The van der Waals surface area contributed by atoms with Crippen LogP contribution in [0.5, 0.6) is 0 Å². The summed E-state index contributed by atoms with van der Waals surface area (Å²) in [4.78, 5) is 32.2. The van der Waals surface area contributed by atoms with Gasteiger partial charge in [0.05, 0.1) is 10.9 Å². The van der Waals surface area contributed by atoms with Crippen LogP contribution in [0.4, 0.5) is 25.1 Å². The maximum atomic E-state index is 15.0. The van der Waals surface area contributed by atoms with Crippen LogP contribution in [0.25, 0.3) is 0 Å². The molecule has 3 aliphatic rings. The number of aliphatic hydroxyl groups is 1. The molecule has 3 fully saturated rings. The van der Waals surface area contributed by atoms with Crippen LogP contribution in [-0.2, 0) is 25.5 Å². The van der Waals surface area contributed by atoms with E-state index in [9.17, 15) is 23.1 Å². The number of benzene rings is 1. The predicted octanol–water partition coefficient (Wildman–Crippen LogP) is 3.60. The van der Waals surface area contributed by atoms with Crippen LogP contribution in [0.15, 0.2) is 41.3 Å². The summed E-state index contributed by atoms with van der Waals surface area (Å²) in [6, 6.07) is 7.95. The molecule has 1 aromatic carbocycles. The summed E-state index contributed by atoms with van der Waals surface area (Å²) in [5.41, 5.74) is -0.440. The molecule has 2 aliphatic heterocycles. The number of alkyl halides is 2. The molecule has 0 bridgehead atoms. The van der Waals surface area contributed by atoms with Crippen LogP contribution in [0.3, 0.4) is 0 Å². The third-order valence-electron chi connectivity index (χ3n) is 7.98. The van der Waals surface area contributed by atoms with Crippen molar-refractivity contribution in [3.8, 4) is 0 Å². The number of aliphatic hydroxyl groups excluding tert-OH is 1.